The van der Waals surface area contributed by atoms with Crippen molar-refractivity contribution >= 4 is 15.8 Å². The third kappa shape index (κ3) is 4.20. The highest BCUT2D eigenvalue weighted by molar-refractivity contribution is 7.92. The first-order valence-corrected chi connectivity index (χ1v) is 9.49. The van der Waals surface area contributed by atoms with E-state index in [0.29, 0.717) is 17.9 Å². The number of benzene rings is 2. The van der Waals surface area contributed by atoms with Gasteiger partial charge in [0.05, 0.1) is 18.0 Å². The molecule has 2 aromatic carbocycles. The van der Waals surface area contributed by atoms with Crippen molar-refractivity contribution in [3.05, 3.63) is 72.2 Å². The van der Waals surface area contributed by atoms with E-state index in [1.165, 1.54) is 28.9 Å². The quantitative estimate of drug-likeness (QED) is 0.688. The van der Waals surface area contributed by atoms with E-state index in [2.05, 4.69) is 9.82 Å². The van der Waals surface area contributed by atoms with Crippen molar-refractivity contribution in [3.8, 4) is 5.75 Å². The van der Waals surface area contributed by atoms with E-state index in [9.17, 15) is 12.8 Å². The molecule has 1 aromatic heterocycles. The van der Waals surface area contributed by atoms with Crippen LogP contribution in [0.15, 0.2) is 65.7 Å². The lowest BCUT2D eigenvalue weighted by Gasteiger charge is -2.07. The van der Waals surface area contributed by atoms with Crippen molar-refractivity contribution in [2.45, 2.75) is 18.4 Å². The summed E-state index contributed by atoms with van der Waals surface area (Å²) in [6.45, 7) is 2.56. The summed E-state index contributed by atoms with van der Waals surface area (Å²) in [5.41, 5.74) is 0.469. The van der Waals surface area contributed by atoms with E-state index < -0.39 is 10.0 Å². The van der Waals surface area contributed by atoms with Crippen LogP contribution in [0, 0.1) is 5.82 Å². The topological polar surface area (TPSA) is 73.2 Å². The molecular weight excluding hydrogens is 357 g/mol. The molecule has 0 saturated carbocycles. The van der Waals surface area contributed by atoms with Crippen molar-refractivity contribution in [2.24, 2.45) is 0 Å². The van der Waals surface area contributed by atoms with Crippen LogP contribution in [0.5, 0.6) is 5.75 Å². The molecule has 0 unspecified atom stereocenters. The average Bonchev–Trinajstić information content (AvgIpc) is 3.04. The Balaban J connectivity index is 1.72. The Morgan fingerprint density at radius 1 is 1.12 bits per heavy atom. The normalized spacial score (nSPS) is 11.3. The summed E-state index contributed by atoms with van der Waals surface area (Å²) in [6.07, 6.45) is 1.59. The molecule has 0 bridgehead atoms. The fraction of sp³-hybridized carbons (Fsp3) is 0.167. The molecule has 0 aliphatic rings. The Kier molecular flexibility index (Phi) is 5.22. The molecule has 0 aliphatic heterocycles. The summed E-state index contributed by atoms with van der Waals surface area (Å²) in [6, 6.07) is 14.0. The highest BCUT2D eigenvalue weighted by atomic mass is 32.2. The Morgan fingerprint density at radius 2 is 1.85 bits per heavy atom. The molecule has 0 atom stereocenters. The van der Waals surface area contributed by atoms with Gasteiger partial charge in [-0.15, -0.1) is 0 Å². The first-order chi connectivity index (χ1) is 12.5. The number of anilines is 1. The zero-order valence-corrected chi connectivity index (χ0v) is 14.9. The molecule has 0 spiro atoms. The smallest absolute Gasteiger partial charge is 0.263 e. The third-order valence-corrected chi connectivity index (χ3v) is 4.99. The van der Waals surface area contributed by atoms with Gasteiger partial charge in [-0.05, 0) is 37.3 Å². The molecule has 136 valence electrons. The minimum absolute atomic E-state index is 0.101. The second kappa shape index (κ2) is 7.57. The van der Waals surface area contributed by atoms with Gasteiger partial charge in [-0.25, -0.2) is 12.8 Å². The largest absolute Gasteiger partial charge is 0.494 e. The number of nitrogens with zero attached hydrogens (tertiary/aromatic N) is 2. The van der Waals surface area contributed by atoms with Gasteiger partial charge in [-0.1, -0.05) is 18.2 Å². The van der Waals surface area contributed by atoms with Gasteiger partial charge >= 0.3 is 0 Å². The lowest BCUT2D eigenvalue weighted by atomic mass is 10.2. The Hall–Kier alpha value is -2.87. The third-order valence-electron chi connectivity index (χ3n) is 3.61. The second-order valence-corrected chi connectivity index (χ2v) is 7.18. The van der Waals surface area contributed by atoms with Crippen LogP contribution in [0.4, 0.5) is 10.2 Å². The van der Waals surface area contributed by atoms with Gasteiger partial charge in [0.25, 0.3) is 10.0 Å². The predicted octanol–water partition coefficient (Wildman–Crippen LogP) is 3.27. The number of sulfonamides is 1. The van der Waals surface area contributed by atoms with Crippen molar-refractivity contribution in [2.75, 3.05) is 11.3 Å². The SMILES string of the molecule is CCOc1ccc(S(=O)(=O)Nc2ccn(Cc3ccccc3F)n2)cc1. The molecule has 0 radical (unpaired) electrons. The summed E-state index contributed by atoms with van der Waals surface area (Å²) in [7, 11) is -3.77. The molecule has 1 N–H and O–H groups in total. The summed E-state index contributed by atoms with van der Waals surface area (Å²) < 4.78 is 47.7. The maximum Gasteiger partial charge on any atom is 0.263 e. The Bertz CT molecular complexity index is 985. The number of nitrogens with one attached hydrogen (secondary N) is 1. The van der Waals surface area contributed by atoms with Crippen LogP contribution in [0.2, 0.25) is 0 Å². The summed E-state index contributed by atoms with van der Waals surface area (Å²) in [5.74, 6) is 0.426. The molecular formula is C18H18FN3O3S. The van der Waals surface area contributed by atoms with Gasteiger partial charge in [0.1, 0.15) is 11.6 Å². The molecule has 8 heteroatoms. The highest BCUT2D eigenvalue weighted by Crippen LogP contribution is 2.19. The van der Waals surface area contributed by atoms with E-state index in [4.69, 9.17) is 4.74 Å². The van der Waals surface area contributed by atoms with E-state index in [0.717, 1.165) is 0 Å². The number of hydrogen-bond donors (Lipinski definition) is 1. The molecule has 3 aromatic rings. The van der Waals surface area contributed by atoms with Crippen molar-refractivity contribution < 1.29 is 17.5 Å². The van der Waals surface area contributed by atoms with E-state index in [1.807, 2.05) is 6.92 Å². The van der Waals surface area contributed by atoms with E-state index >= 15 is 0 Å². The monoisotopic (exact) mass is 375 g/mol. The van der Waals surface area contributed by atoms with Crippen molar-refractivity contribution in [3.63, 3.8) is 0 Å². The average molecular weight is 375 g/mol. The second-order valence-electron chi connectivity index (χ2n) is 5.50. The number of aromatic nitrogens is 2. The fourth-order valence-corrected chi connectivity index (χ4v) is 3.38. The number of rotatable bonds is 7. The van der Waals surface area contributed by atoms with Gasteiger partial charge in [0.2, 0.25) is 0 Å². The summed E-state index contributed by atoms with van der Waals surface area (Å²) in [5, 5.41) is 4.14. The lowest BCUT2D eigenvalue weighted by Crippen LogP contribution is -2.14. The summed E-state index contributed by atoms with van der Waals surface area (Å²) in [4.78, 5) is 0.101. The van der Waals surface area contributed by atoms with E-state index in [-0.39, 0.29) is 23.1 Å². The summed E-state index contributed by atoms with van der Waals surface area (Å²) >= 11 is 0. The maximum absolute atomic E-state index is 13.7. The van der Waals surface area contributed by atoms with Crippen LogP contribution in [-0.2, 0) is 16.6 Å². The first kappa shape index (κ1) is 17.9. The molecule has 6 nitrogen and oxygen atoms in total. The van der Waals surface area contributed by atoms with Gasteiger partial charge in [0, 0.05) is 17.8 Å². The predicted molar refractivity (Wildman–Crippen MR) is 96.1 cm³/mol. The minimum atomic E-state index is -3.77. The Morgan fingerprint density at radius 3 is 2.54 bits per heavy atom. The van der Waals surface area contributed by atoms with Crippen molar-refractivity contribution in [1.82, 2.24) is 9.78 Å². The van der Waals surface area contributed by atoms with Gasteiger partial charge in [-0.3, -0.25) is 9.40 Å². The Labute approximate surface area is 151 Å². The van der Waals surface area contributed by atoms with E-state index in [1.54, 1.807) is 36.5 Å². The van der Waals surface area contributed by atoms with Crippen LogP contribution in [0.3, 0.4) is 0 Å². The molecule has 0 amide bonds. The van der Waals surface area contributed by atoms with Crippen molar-refractivity contribution in [1.29, 1.82) is 0 Å². The van der Waals surface area contributed by atoms with Crippen LogP contribution < -0.4 is 9.46 Å². The first-order valence-electron chi connectivity index (χ1n) is 8.00. The van der Waals surface area contributed by atoms with Gasteiger partial charge in [0.15, 0.2) is 5.82 Å². The number of ether oxygens (including phenoxy) is 1. The van der Waals surface area contributed by atoms with Crippen LogP contribution in [-0.4, -0.2) is 24.8 Å². The molecule has 0 aliphatic carbocycles. The molecule has 0 saturated heterocycles. The number of hydrogen-bond acceptors (Lipinski definition) is 4. The van der Waals surface area contributed by atoms with Crippen LogP contribution >= 0.6 is 0 Å². The van der Waals surface area contributed by atoms with Crippen LogP contribution in [0.25, 0.3) is 0 Å². The zero-order valence-electron chi connectivity index (χ0n) is 14.1. The van der Waals surface area contributed by atoms with Gasteiger partial charge < -0.3 is 4.74 Å². The molecule has 3 rings (SSSR count). The van der Waals surface area contributed by atoms with Gasteiger partial charge in [-0.2, -0.15) is 5.10 Å². The van der Waals surface area contributed by atoms with Crippen LogP contribution in [0.1, 0.15) is 12.5 Å². The molecule has 26 heavy (non-hydrogen) atoms. The lowest BCUT2D eigenvalue weighted by molar-refractivity contribution is 0.340. The molecule has 1 heterocycles. The fourth-order valence-electron chi connectivity index (χ4n) is 2.38. The maximum atomic E-state index is 13.7. The number of halogens is 1. The standard InChI is InChI=1S/C18H18FN3O3S/c1-2-25-15-7-9-16(10-8-15)26(23,24)21-18-11-12-22(20-18)13-14-5-3-4-6-17(14)19/h3-12H,2,13H2,1H3,(H,20,21). The highest BCUT2D eigenvalue weighted by Gasteiger charge is 2.16. The molecule has 0 fully saturated rings. The minimum Gasteiger partial charge on any atom is -0.494 e. The zero-order chi connectivity index (χ0) is 18.6.